The lowest BCUT2D eigenvalue weighted by Gasteiger charge is -2.15. The molecule has 3 nitrogen and oxygen atoms in total. The van der Waals surface area contributed by atoms with Crippen LogP contribution in [-0.4, -0.2) is 11.9 Å². The largest absolute Gasteiger partial charge is 0.324 e. The first-order chi connectivity index (χ1) is 8.31. The summed E-state index contributed by atoms with van der Waals surface area (Å²) in [5.41, 5.74) is 7.03. The van der Waals surface area contributed by atoms with Gasteiger partial charge in [-0.3, -0.25) is 4.79 Å². The quantitative estimate of drug-likeness (QED) is 0.896. The van der Waals surface area contributed by atoms with E-state index >= 15 is 0 Å². The Hall–Kier alpha value is -0.940. The van der Waals surface area contributed by atoms with E-state index < -0.39 is 6.04 Å². The third-order valence-electron chi connectivity index (χ3n) is 2.59. The molecule has 0 fully saturated rings. The van der Waals surface area contributed by atoms with Gasteiger partial charge in [0, 0.05) is 5.69 Å². The lowest BCUT2D eigenvalue weighted by atomic mass is 10.0. The number of amides is 1. The van der Waals surface area contributed by atoms with E-state index in [0.29, 0.717) is 28.1 Å². The lowest BCUT2D eigenvalue weighted by Crippen LogP contribution is -2.36. The SMILES string of the molecule is Cc1cc(F)c(Br)cc1NC(=O)C(N)CC(C)C. The van der Waals surface area contributed by atoms with Gasteiger partial charge in [-0.15, -0.1) is 0 Å². The summed E-state index contributed by atoms with van der Waals surface area (Å²) in [5, 5.41) is 2.72. The molecular formula is C13H18BrFN2O. The average molecular weight is 317 g/mol. The van der Waals surface area contributed by atoms with E-state index in [4.69, 9.17) is 5.73 Å². The molecule has 1 unspecified atom stereocenters. The van der Waals surface area contributed by atoms with Crippen molar-refractivity contribution >= 4 is 27.5 Å². The van der Waals surface area contributed by atoms with Gasteiger partial charge in [-0.25, -0.2) is 4.39 Å². The summed E-state index contributed by atoms with van der Waals surface area (Å²) in [4.78, 5) is 11.9. The Morgan fingerprint density at radius 1 is 1.50 bits per heavy atom. The first kappa shape index (κ1) is 15.1. The van der Waals surface area contributed by atoms with Gasteiger partial charge in [0.2, 0.25) is 5.91 Å². The van der Waals surface area contributed by atoms with Crippen molar-refractivity contribution in [2.75, 3.05) is 5.32 Å². The summed E-state index contributed by atoms with van der Waals surface area (Å²) in [6, 6.07) is 2.37. The minimum Gasteiger partial charge on any atom is -0.324 e. The van der Waals surface area contributed by atoms with Gasteiger partial charge in [-0.05, 0) is 52.9 Å². The normalized spacial score (nSPS) is 12.6. The lowest BCUT2D eigenvalue weighted by molar-refractivity contribution is -0.117. The number of hydrogen-bond donors (Lipinski definition) is 2. The molecule has 1 rings (SSSR count). The number of hydrogen-bond acceptors (Lipinski definition) is 2. The molecule has 1 aromatic carbocycles. The van der Waals surface area contributed by atoms with E-state index in [1.54, 1.807) is 13.0 Å². The summed E-state index contributed by atoms with van der Waals surface area (Å²) in [5.74, 6) is -0.242. The third-order valence-corrected chi connectivity index (χ3v) is 3.19. The van der Waals surface area contributed by atoms with Crippen LogP contribution in [0.3, 0.4) is 0 Å². The molecule has 0 bridgehead atoms. The maximum absolute atomic E-state index is 13.2. The highest BCUT2D eigenvalue weighted by Crippen LogP contribution is 2.24. The molecule has 100 valence electrons. The third kappa shape index (κ3) is 4.07. The molecule has 0 radical (unpaired) electrons. The van der Waals surface area contributed by atoms with Crippen LogP contribution in [0.2, 0.25) is 0 Å². The Balaban J connectivity index is 2.79. The highest BCUT2D eigenvalue weighted by Gasteiger charge is 2.16. The van der Waals surface area contributed by atoms with E-state index in [2.05, 4.69) is 21.2 Å². The maximum atomic E-state index is 13.2. The highest BCUT2D eigenvalue weighted by atomic mass is 79.9. The smallest absolute Gasteiger partial charge is 0.241 e. The number of carbonyl (C=O) groups is 1. The van der Waals surface area contributed by atoms with Crippen LogP contribution in [0.4, 0.5) is 10.1 Å². The van der Waals surface area contributed by atoms with Crippen molar-refractivity contribution in [1.29, 1.82) is 0 Å². The number of aryl methyl sites for hydroxylation is 1. The van der Waals surface area contributed by atoms with Crippen molar-refractivity contribution in [3.05, 3.63) is 28.0 Å². The zero-order valence-electron chi connectivity index (χ0n) is 10.8. The predicted octanol–water partition coefficient (Wildman–Crippen LogP) is 3.21. The molecule has 1 aromatic rings. The first-order valence-electron chi connectivity index (χ1n) is 5.83. The van der Waals surface area contributed by atoms with Gasteiger partial charge < -0.3 is 11.1 Å². The second kappa shape index (κ2) is 6.29. The molecular weight excluding hydrogens is 299 g/mol. The van der Waals surface area contributed by atoms with Gasteiger partial charge in [0.15, 0.2) is 0 Å². The molecule has 1 amide bonds. The molecule has 0 aliphatic carbocycles. The van der Waals surface area contributed by atoms with Crippen LogP contribution in [0.15, 0.2) is 16.6 Å². The highest BCUT2D eigenvalue weighted by molar-refractivity contribution is 9.10. The molecule has 0 aliphatic rings. The number of rotatable bonds is 4. The fourth-order valence-electron chi connectivity index (χ4n) is 1.62. The van der Waals surface area contributed by atoms with Crippen LogP contribution in [0.1, 0.15) is 25.8 Å². The molecule has 0 saturated carbocycles. The predicted molar refractivity (Wildman–Crippen MR) is 74.9 cm³/mol. The minimum absolute atomic E-state index is 0.245. The number of halogens is 2. The number of carbonyl (C=O) groups excluding carboxylic acids is 1. The summed E-state index contributed by atoms with van der Waals surface area (Å²) in [6.45, 7) is 5.75. The van der Waals surface area contributed by atoms with Crippen molar-refractivity contribution in [2.24, 2.45) is 11.7 Å². The Kier molecular flexibility index (Phi) is 5.28. The molecule has 1 atom stereocenters. The Morgan fingerprint density at radius 2 is 2.11 bits per heavy atom. The molecule has 0 aliphatic heterocycles. The van der Waals surface area contributed by atoms with Gasteiger partial charge in [-0.1, -0.05) is 13.8 Å². The van der Waals surface area contributed by atoms with Crippen molar-refractivity contribution in [3.63, 3.8) is 0 Å². The van der Waals surface area contributed by atoms with Gasteiger partial charge in [0.1, 0.15) is 5.82 Å². The van der Waals surface area contributed by atoms with E-state index in [1.807, 2.05) is 13.8 Å². The van der Waals surface area contributed by atoms with Crippen molar-refractivity contribution < 1.29 is 9.18 Å². The molecule has 0 heterocycles. The molecule has 0 aromatic heterocycles. The van der Waals surface area contributed by atoms with Gasteiger partial charge in [0.25, 0.3) is 0 Å². The number of nitrogens with one attached hydrogen (secondary N) is 1. The van der Waals surface area contributed by atoms with Crippen LogP contribution in [0.25, 0.3) is 0 Å². The molecule has 0 saturated heterocycles. The fourth-order valence-corrected chi connectivity index (χ4v) is 1.96. The van der Waals surface area contributed by atoms with E-state index in [0.717, 1.165) is 0 Å². The second-order valence-electron chi connectivity index (χ2n) is 4.81. The standard InChI is InChI=1S/C13H18BrFN2O/c1-7(2)4-11(16)13(18)17-12-6-9(14)10(15)5-8(12)3/h5-7,11H,4,16H2,1-3H3,(H,17,18). The minimum atomic E-state index is -0.548. The fraction of sp³-hybridized carbons (Fsp3) is 0.462. The van der Waals surface area contributed by atoms with Crippen LogP contribution in [0, 0.1) is 18.7 Å². The van der Waals surface area contributed by atoms with Crippen LogP contribution < -0.4 is 11.1 Å². The van der Waals surface area contributed by atoms with Gasteiger partial charge in [0.05, 0.1) is 10.5 Å². The monoisotopic (exact) mass is 316 g/mol. The van der Waals surface area contributed by atoms with Crippen molar-refractivity contribution in [3.8, 4) is 0 Å². The van der Waals surface area contributed by atoms with E-state index in [9.17, 15) is 9.18 Å². The van der Waals surface area contributed by atoms with Crippen LogP contribution in [-0.2, 0) is 4.79 Å². The van der Waals surface area contributed by atoms with E-state index in [-0.39, 0.29) is 11.7 Å². The summed E-state index contributed by atoms with van der Waals surface area (Å²) in [7, 11) is 0. The number of anilines is 1. The first-order valence-corrected chi connectivity index (χ1v) is 6.62. The average Bonchev–Trinajstić information content (AvgIpc) is 2.24. The van der Waals surface area contributed by atoms with E-state index in [1.165, 1.54) is 6.07 Å². The summed E-state index contributed by atoms with van der Waals surface area (Å²) >= 11 is 3.09. The van der Waals surface area contributed by atoms with Gasteiger partial charge >= 0.3 is 0 Å². The molecule has 0 spiro atoms. The summed E-state index contributed by atoms with van der Waals surface area (Å²) in [6.07, 6.45) is 0.618. The number of nitrogens with two attached hydrogens (primary N) is 1. The van der Waals surface area contributed by atoms with Crippen molar-refractivity contribution in [1.82, 2.24) is 0 Å². The Labute approximate surface area is 115 Å². The van der Waals surface area contributed by atoms with Gasteiger partial charge in [-0.2, -0.15) is 0 Å². The number of benzene rings is 1. The second-order valence-corrected chi connectivity index (χ2v) is 5.66. The molecule has 18 heavy (non-hydrogen) atoms. The van der Waals surface area contributed by atoms with Crippen LogP contribution >= 0.6 is 15.9 Å². The topological polar surface area (TPSA) is 55.1 Å². The Morgan fingerprint density at radius 3 is 2.67 bits per heavy atom. The molecule has 3 N–H and O–H groups in total. The van der Waals surface area contributed by atoms with Crippen molar-refractivity contribution in [2.45, 2.75) is 33.2 Å². The summed E-state index contributed by atoms with van der Waals surface area (Å²) < 4.78 is 13.6. The Bertz CT molecular complexity index is 449. The molecule has 5 heteroatoms. The van der Waals surface area contributed by atoms with Crippen LogP contribution in [0.5, 0.6) is 0 Å². The maximum Gasteiger partial charge on any atom is 0.241 e. The zero-order chi connectivity index (χ0) is 13.9. The zero-order valence-corrected chi connectivity index (χ0v) is 12.3.